The number of hydrazone groups is 1. The molecule has 0 aliphatic carbocycles. The van der Waals surface area contributed by atoms with Crippen molar-refractivity contribution in [3.63, 3.8) is 0 Å². The van der Waals surface area contributed by atoms with Gasteiger partial charge in [-0.2, -0.15) is 5.10 Å². The second-order valence-corrected chi connectivity index (χ2v) is 6.99. The third-order valence-electron chi connectivity index (χ3n) is 4.29. The van der Waals surface area contributed by atoms with Crippen LogP contribution in [-0.4, -0.2) is 18.7 Å². The van der Waals surface area contributed by atoms with Gasteiger partial charge in [-0.05, 0) is 69.5 Å². The van der Waals surface area contributed by atoms with Gasteiger partial charge in [0.2, 0.25) is 0 Å². The number of ether oxygens (including phenoxy) is 1. The van der Waals surface area contributed by atoms with Crippen LogP contribution in [0.2, 0.25) is 0 Å². The van der Waals surface area contributed by atoms with Gasteiger partial charge >= 0.3 is 5.91 Å². The Morgan fingerprint density at radius 3 is 2.82 bits per heavy atom. The van der Waals surface area contributed by atoms with Gasteiger partial charge in [-0.1, -0.05) is 30.3 Å². The number of nitrogens with zero attached hydrogens (tertiary/aromatic N) is 1. The van der Waals surface area contributed by atoms with E-state index in [9.17, 15) is 4.79 Å². The summed E-state index contributed by atoms with van der Waals surface area (Å²) in [5.74, 6) is 0.580. The van der Waals surface area contributed by atoms with Crippen molar-refractivity contribution in [3.8, 4) is 5.75 Å². The smallest absolute Gasteiger partial charge is 0.307 e. The third-order valence-corrected chi connectivity index (χ3v) is 4.91. The van der Waals surface area contributed by atoms with Gasteiger partial charge in [0.25, 0.3) is 0 Å². The van der Waals surface area contributed by atoms with Crippen LogP contribution in [0.15, 0.2) is 74.7 Å². The molecule has 0 unspecified atom stereocenters. The number of fused-ring (bicyclic) bond motifs is 3. The van der Waals surface area contributed by atoms with Crippen LogP contribution in [0.4, 0.5) is 0 Å². The number of hydrogen-bond acceptors (Lipinski definition) is 4. The van der Waals surface area contributed by atoms with E-state index in [4.69, 9.17) is 9.15 Å². The number of carbonyl (C=O) groups excluding carboxylic acids is 1. The Labute approximate surface area is 170 Å². The summed E-state index contributed by atoms with van der Waals surface area (Å²) in [6.07, 6.45) is 1.57. The zero-order valence-corrected chi connectivity index (χ0v) is 16.7. The number of hydrogen-bond donors (Lipinski definition) is 1. The maximum Gasteiger partial charge on any atom is 0.307 e. The number of carbonyl (C=O) groups is 1. The molecule has 0 spiro atoms. The number of furan rings is 1. The van der Waals surface area contributed by atoms with Crippen molar-refractivity contribution >= 4 is 49.8 Å². The summed E-state index contributed by atoms with van der Waals surface area (Å²) in [5, 5.41) is 7.07. The standard InChI is InChI=1S/C22H17BrN2O3/c1-2-27-20-9-7-14(11-18(20)23)13-24-25-22(26)21-12-17-16-6-4-3-5-15(16)8-10-19(17)28-21/h3-13H,2H2,1H3,(H,25,26)/b24-13-. The van der Waals surface area contributed by atoms with Gasteiger partial charge in [-0.25, -0.2) is 5.43 Å². The van der Waals surface area contributed by atoms with E-state index in [1.165, 1.54) is 0 Å². The van der Waals surface area contributed by atoms with Crippen LogP contribution in [-0.2, 0) is 0 Å². The van der Waals surface area contributed by atoms with Crippen molar-refractivity contribution in [3.05, 3.63) is 76.5 Å². The molecule has 5 nitrogen and oxygen atoms in total. The molecule has 0 saturated heterocycles. The molecule has 1 amide bonds. The number of benzene rings is 3. The molecule has 0 atom stereocenters. The Hall–Kier alpha value is -3.12. The lowest BCUT2D eigenvalue weighted by molar-refractivity contribution is 0.0929. The minimum atomic E-state index is -0.401. The molecule has 1 heterocycles. The van der Waals surface area contributed by atoms with Gasteiger partial charge in [-0.3, -0.25) is 4.79 Å². The molecular weight excluding hydrogens is 420 g/mol. The first-order valence-electron chi connectivity index (χ1n) is 8.83. The quantitative estimate of drug-likeness (QED) is 0.331. The molecule has 0 saturated carbocycles. The van der Waals surface area contributed by atoms with Crippen molar-refractivity contribution in [2.75, 3.05) is 6.61 Å². The summed E-state index contributed by atoms with van der Waals surface area (Å²) in [6.45, 7) is 2.52. The Kier molecular flexibility index (Phi) is 5.12. The van der Waals surface area contributed by atoms with Crippen LogP contribution in [0, 0.1) is 0 Å². The second-order valence-electron chi connectivity index (χ2n) is 6.13. The van der Waals surface area contributed by atoms with Gasteiger partial charge in [-0.15, -0.1) is 0 Å². The Morgan fingerprint density at radius 1 is 1.14 bits per heavy atom. The molecule has 3 aromatic carbocycles. The molecule has 1 aromatic heterocycles. The van der Waals surface area contributed by atoms with Gasteiger partial charge in [0.05, 0.1) is 17.3 Å². The molecule has 28 heavy (non-hydrogen) atoms. The average molecular weight is 437 g/mol. The van der Waals surface area contributed by atoms with Gasteiger partial charge in [0.15, 0.2) is 5.76 Å². The topological polar surface area (TPSA) is 63.8 Å². The molecular formula is C22H17BrN2O3. The van der Waals surface area contributed by atoms with E-state index >= 15 is 0 Å². The Balaban J connectivity index is 1.51. The monoisotopic (exact) mass is 436 g/mol. The second kappa shape index (κ2) is 7.86. The largest absolute Gasteiger partial charge is 0.493 e. The fourth-order valence-corrected chi connectivity index (χ4v) is 3.51. The third kappa shape index (κ3) is 3.64. The summed E-state index contributed by atoms with van der Waals surface area (Å²) < 4.78 is 12.0. The normalized spacial score (nSPS) is 11.4. The zero-order chi connectivity index (χ0) is 19.5. The van der Waals surface area contributed by atoms with Crippen molar-refractivity contribution < 1.29 is 13.9 Å². The zero-order valence-electron chi connectivity index (χ0n) is 15.1. The van der Waals surface area contributed by atoms with E-state index in [0.717, 1.165) is 31.9 Å². The molecule has 140 valence electrons. The van der Waals surface area contributed by atoms with Crippen molar-refractivity contribution in [1.29, 1.82) is 0 Å². The molecule has 4 aromatic rings. The first kappa shape index (κ1) is 18.3. The van der Waals surface area contributed by atoms with Gasteiger partial charge in [0.1, 0.15) is 11.3 Å². The van der Waals surface area contributed by atoms with Crippen molar-refractivity contribution in [2.24, 2.45) is 5.10 Å². The molecule has 4 rings (SSSR count). The fourth-order valence-electron chi connectivity index (χ4n) is 2.99. The fraction of sp³-hybridized carbons (Fsp3) is 0.0909. The highest BCUT2D eigenvalue weighted by molar-refractivity contribution is 9.10. The average Bonchev–Trinajstić information content (AvgIpc) is 3.15. The van der Waals surface area contributed by atoms with E-state index in [2.05, 4.69) is 26.5 Å². The highest BCUT2D eigenvalue weighted by Gasteiger charge is 2.13. The van der Waals surface area contributed by atoms with E-state index in [0.29, 0.717) is 12.2 Å². The van der Waals surface area contributed by atoms with Crippen LogP contribution in [0.3, 0.4) is 0 Å². The van der Waals surface area contributed by atoms with Crippen LogP contribution < -0.4 is 10.2 Å². The lowest BCUT2D eigenvalue weighted by Gasteiger charge is -2.05. The van der Waals surface area contributed by atoms with Gasteiger partial charge in [0, 0.05) is 5.39 Å². The maximum atomic E-state index is 12.4. The van der Waals surface area contributed by atoms with Gasteiger partial charge < -0.3 is 9.15 Å². The SMILES string of the molecule is CCOc1ccc(/C=N\NC(=O)c2cc3c(ccc4ccccc43)o2)cc1Br. The predicted molar refractivity (Wildman–Crippen MR) is 114 cm³/mol. The van der Waals surface area contributed by atoms with Crippen LogP contribution in [0.25, 0.3) is 21.7 Å². The maximum absolute atomic E-state index is 12.4. The van der Waals surface area contributed by atoms with Crippen molar-refractivity contribution in [1.82, 2.24) is 5.43 Å². The van der Waals surface area contributed by atoms with E-state index in [1.807, 2.05) is 61.5 Å². The lowest BCUT2D eigenvalue weighted by atomic mass is 10.1. The first-order chi connectivity index (χ1) is 13.7. The minimum absolute atomic E-state index is 0.219. The molecule has 0 bridgehead atoms. The van der Waals surface area contributed by atoms with Crippen molar-refractivity contribution in [2.45, 2.75) is 6.92 Å². The summed E-state index contributed by atoms with van der Waals surface area (Å²) in [7, 11) is 0. The lowest BCUT2D eigenvalue weighted by Crippen LogP contribution is -2.16. The highest BCUT2D eigenvalue weighted by atomic mass is 79.9. The minimum Gasteiger partial charge on any atom is -0.493 e. The highest BCUT2D eigenvalue weighted by Crippen LogP contribution is 2.28. The summed E-state index contributed by atoms with van der Waals surface area (Å²) in [4.78, 5) is 12.4. The molecule has 1 N–H and O–H groups in total. The van der Waals surface area contributed by atoms with E-state index < -0.39 is 5.91 Å². The number of rotatable bonds is 5. The number of halogens is 1. The van der Waals surface area contributed by atoms with Crippen LogP contribution in [0.1, 0.15) is 23.0 Å². The Bertz CT molecular complexity index is 1200. The molecule has 0 radical (unpaired) electrons. The number of amides is 1. The summed E-state index contributed by atoms with van der Waals surface area (Å²) in [6, 6.07) is 19.2. The van der Waals surface area contributed by atoms with Crippen LogP contribution >= 0.6 is 15.9 Å². The van der Waals surface area contributed by atoms with E-state index in [-0.39, 0.29) is 5.76 Å². The number of nitrogens with one attached hydrogen (secondary N) is 1. The van der Waals surface area contributed by atoms with Crippen LogP contribution in [0.5, 0.6) is 5.75 Å². The van der Waals surface area contributed by atoms with E-state index in [1.54, 1.807) is 12.3 Å². The first-order valence-corrected chi connectivity index (χ1v) is 9.62. The summed E-state index contributed by atoms with van der Waals surface area (Å²) >= 11 is 3.46. The molecule has 0 fully saturated rings. The summed E-state index contributed by atoms with van der Waals surface area (Å²) in [5.41, 5.74) is 4.00. The molecule has 6 heteroatoms. The Morgan fingerprint density at radius 2 is 2.00 bits per heavy atom. The molecule has 0 aliphatic rings. The predicted octanol–water partition coefficient (Wildman–Crippen LogP) is 5.51. The molecule has 0 aliphatic heterocycles.